The van der Waals surface area contributed by atoms with E-state index in [1.54, 1.807) is 4.68 Å². The average Bonchev–Trinajstić information content (AvgIpc) is 2.85. The maximum atomic E-state index is 4.15. The lowest BCUT2D eigenvalue weighted by atomic mass is 10.2. The number of benzene rings is 1. The van der Waals surface area contributed by atoms with Gasteiger partial charge in [0.2, 0.25) is 0 Å². The molecule has 1 atom stereocenters. The lowest BCUT2D eigenvalue weighted by Gasteiger charge is -2.16. The Hall–Kier alpha value is -0.790. The predicted octanol–water partition coefficient (Wildman–Crippen LogP) is 3.49. The molecule has 0 amide bonds. The van der Waals surface area contributed by atoms with E-state index >= 15 is 0 Å². The normalized spacial score (nSPS) is 12.9. The van der Waals surface area contributed by atoms with Gasteiger partial charge in [0, 0.05) is 8.95 Å². The zero-order valence-electron chi connectivity index (χ0n) is 11.6. The Morgan fingerprint density at radius 1 is 1.20 bits per heavy atom. The van der Waals surface area contributed by atoms with Gasteiger partial charge in [-0.1, -0.05) is 19.9 Å². The van der Waals surface area contributed by atoms with Crippen molar-refractivity contribution in [2.24, 2.45) is 5.92 Å². The number of aromatic nitrogens is 4. The Morgan fingerprint density at radius 2 is 1.85 bits per heavy atom. The van der Waals surface area contributed by atoms with Crippen LogP contribution in [-0.4, -0.2) is 26.8 Å². The van der Waals surface area contributed by atoms with Crippen LogP contribution < -0.4 is 5.32 Å². The molecule has 0 saturated carbocycles. The van der Waals surface area contributed by atoms with Crippen molar-refractivity contribution in [2.75, 3.05) is 6.54 Å². The van der Waals surface area contributed by atoms with E-state index in [9.17, 15) is 0 Å². The van der Waals surface area contributed by atoms with Crippen LogP contribution in [-0.2, 0) is 0 Å². The van der Waals surface area contributed by atoms with Crippen LogP contribution in [0.25, 0.3) is 5.69 Å². The summed E-state index contributed by atoms with van der Waals surface area (Å²) in [4.78, 5) is 0. The van der Waals surface area contributed by atoms with Crippen molar-refractivity contribution in [3.63, 3.8) is 0 Å². The van der Waals surface area contributed by atoms with Gasteiger partial charge in [-0.15, -0.1) is 5.10 Å². The van der Waals surface area contributed by atoms with Gasteiger partial charge < -0.3 is 5.32 Å². The monoisotopic (exact) mass is 401 g/mol. The molecule has 0 fully saturated rings. The van der Waals surface area contributed by atoms with Crippen LogP contribution in [0.1, 0.15) is 32.6 Å². The quantitative estimate of drug-likeness (QED) is 0.831. The fourth-order valence-corrected chi connectivity index (χ4v) is 3.15. The van der Waals surface area contributed by atoms with Gasteiger partial charge in [0.25, 0.3) is 0 Å². The first-order valence-corrected chi connectivity index (χ1v) is 8.05. The molecule has 108 valence electrons. The first-order chi connectivity index (χ1) is 9.50. The minimum atomic E-state index is 0.0754. The summed E-state index contributed by atoms with van der Waals surface area (Å²) in [6, 6.07) is 5.98. The Labute approximate surface area is 135 Å². The van der Waals surface area contributed by atoms with Gasteiger partial charge in [0.05, 0.1) is 11.7 Å². The third-order valence-corrected chi connectivity index (χ3v) is 4.14. The molecular weight excluding hydrogens is 386 g/mol. The smallest absolute Gasteiger partial charge is 0.173 e. The molecule has 1 heterocycles. The van der Waals surface area contributed by atoms with E-state index in [1.807, 2.05) is 18.2 Å². The van der Waals surface area contributed by atoms with E-state index in [2.05, 4.69) is 73.5 Å². The van der Waals surface area contributed by atoms with Crippen LogP contribution in [0.4, 0.5) is 0 Å². The van der Waals surface area contributed by atoms with Gasteiger partial charge in [-0.3, -0.25) is 0 Å². The van der Waals surface area contributed by atoms with Gasteiger partial charge in [-0.25, -0.2) is 0 Å². The first kappa shape index (κ1) is 15.6. The van der Waals surface area contributed by atoms with Crippen LogP contribution in [0.2, 0.25) is 0 Å². The molecule has 1 aromatic heterocycles. The van der Waals surface area contributed by atoms with Gasteiger partial charge in [-0.2, -0.15) is 4.68 Å². The molecule has 0 bridgehead atoms. The maximum absolute atomic E-state index is 4.15. The fourth-order valence-electron chi connectivity index (χ4n) is 1.82. The van der Waals surface area contributed by atoms with Crippen molar-refractivity contribution in [1.29, 1.82) is 0 Å². The molecule has 20 heavy (non-hydrogen) atoms. The summed E-state index contributed by atoms with van der Waals surface area (Å²) < 4.78 is 3.64. The summed E-state index contributed by atoms with van der Waals surface area (Å²) in [5, 5.41) is 15.5. The zero-order chi connectivity index (χ0) is 14.7. The second-order valence-electron chi connectivity index (χ2n) is 5.04. The maximum Gasteiger partial charge on any atom is 0.173 e. The highest BCUT2D eigenvalue weighted by Gasteiger charge is 2.18. The number of hydrogen-bond donors (Lipinski definition) is 1. The SMILES string of the molecule is CC(C)CNC(C)c1nnnn1-c1c(Br)cccc1Br. The van der Waals surface area contributed by atoms with E-state index in [0.29, 0.717) is 5.92 Å². The molecule has 0 aliphatic heterocycles. The van der Waals surface area contributed by atoms with Crippen molar-refractivity contribution in [1.82, 2.24) is 25.5 Å². The first-order valence-electron chi connectivity index (χ1n) is 6.46. The second-order valence-corrected chi connectivity index (χ2v) is 6.75. The van der Waals surface area contributed by atoms with E-state index < -0.39 is 0 Å². The van der Waals surface area contributed by atoms with Crippen LogP contribution in [0, 0.1) is 5.92 Å². The van der Waals surface area contributed by atoms with Crippen LogP contribution in [0.15, 0.2) is 27.1 Å². The lowest BCUT2D eigenvalue weighted by Crippen LogP contribution is -2.26. The van der Waals surface area contributed by atoms with Crippen LogP contribution in [0.5, 0.6) is 0 Å². The number of halogens is 2. The molecule has 2 rings (SSSR count). The Balaban J connectivity index is 2.33. The molecule has 5 nitrogen and oxygen atoms in total. The molecule has 0 spiro atoms. The van der Waals surface area contributed by atoms with E-state index in [0.717, 1.165) is 27.0 Å². The minimum absolute atomic E-state index is 0.0754. The number of nitrogens with zero attached hydrogens (tertiary/aromatic N) is 4. The molecule has 0 aliphatic carbocycles. The largest absolute Gasteiger partial charge is 0.307 e. The van der Waals surface area contributed by atoms with Gasteiger partial charge in [0.15, 0.2) is 5.82 Å². The van der Waals surface area contributed by atoms with Gasteiger partial charge >= 0.3 is 0 Å². The third kappa shape index (κ3) is 3.45. The zero-order valence-corrected chi connectivity index (χ0v) is 14.8. The number of nitrogens with one attached hydrogen (secondary N) is 1. The molecule has 0 aliphatic rings. The summed E-state index contributed by atoms with van der Waals surface area (Å²) >= 11 is 7.09. The van der Waals surface area contributed by atoms with Gasteiger partial charge in [0.1, 0.15) is 0 Å². The summed E-state index contributed by atoms with van der Waals surface area (Å²) in [5.74, 6) is 1.37. The van der Waals surface area contributed by atoms with Crippen molar-refractivity contribution in [2.45, 2.75) is 26.8 Å². The Bertz CT molecular complexity index is 562. The predicted molar refractivity (Wildman–Crippen MR) is 85.8 cm³/mol. The van der Waals surface area contributed by atoms with Crippen LogP contribution in [0.3, 0.4) is 0 Å². The molecule has 2 aromatic rings. The highest BCUT2D eigenvalue weighted by atomic mass is 79.9. The van der Waals surface area contributed by atoms with Crippen LogP contribution >= 0.6 is 31.9 Å². The number of rotatable bonds is 5. The van der Waals surface area contributed by atoms with E-state index in [1.165, 1.54) is 0 Å². The molecule has 1 aromatic carbocycles. The molecule has 7 heteroatoms. The summed E-state index contributed by atoms with van der Waals surface area (Å²) in [7, 11) is 0. The number of tetrazole rings is 1. The van der Waals surface area contributed by atoms with Crippen molar-refractivity contribution in [3.05, 3.63) is 33.0 Å². The molecular formula is C13H17Br2N5. The average molecular weight is 403 g/mol. The summed E-state index contributed by atoms with van der Waals surface area (Å²) in [6.45, 7) is 7.33. The van der Waals surface area contributed by atoms with Crippen molar-refractivity contribution >= 4 is 31.9 Å². The van der Waals surface area contributed by atoms with Crippen molar-refractivity contribution in [3.8, 4) is 5.69 Å². The Kier molecular flexibility index (Phi) is 5.29. The molecule has 0 radical (unpaired) electrons. The van der Waals surface area contributed by atoms with Gasteiger partial charge in [-0.05, 0) is 73.8 Å². The lowest BCUT2D eigenvalue weighted by molar-refractivity contribution is 0.474. The number of para-hydroxylation sites is 1. The standard InChI is InChI=1S/C13H17Br2N5/c1-8(2)7-16-9(3)13-17-18-19-20(13)12-10(14)5-4-6-11(12)15/h4-6,8-9,16H,7H2,1-3H3. The highest BCUT2D eigenvalue weighted by molar-refractivity contribution is 9.11. The third-order valence-electron chi connectivity index (χ3n) is 2.86. The second kappa shape index (κ2) is 6.78. The summed E-state index contributed by atoms with van der Waals surface area (Å²) in [5.41, 5.74) is 0.908. The number of hydrogen-bond acceptors (Lipinski definition) is 4. The van der Waals surface area contributed by atoms with E-state index in [4.69, 9.17) is 0 Å². The molecule has 1 N–H and O–H groups in total. The molecule has 0 saturated heterocycles. The Morgan fingerprint density at radius 3 is 2.45 bits per heavy atom. The topological polar surface area (TPSA) is 55.6 Å². The van der Waals surface area contributed by atoms with E-state index in [-0.39, 0.29) is 6.04 Å². The highest BCUT2D eigenvalue weighted by Crippen LogP contribution is 2.29. The van der Waals surface area contributed by atoms with Crippen molar-refractivity contribution < 1.29 is 0 Å². The molecule has 1 unspecified atom stereocenters. The fraction of sp³-hybridized carbons (Fsp3) is 0.462. The minimum Gasteiger partial charge on any atom is -0.307 e. The summed E-state index contributed by atoms with van der Waals surface area (Å²) in [6.07, 6.45) is 0.